The number of benzene rings is 4. The summed E-state index contributed by atoms with van der Waals surface area (Å²) in [6, 6.07) is 30.4. The highest BCUT2D eigenvalue weighted by molar-refractivity contribution is 7.21. The molecular weight excluding hydrogens is 458 g/mol. The summed E-state index contributed by atoms with van der Waals surface area (Å²) in [5.41, 5.74) is 8.48. The van der Waals surface area contributed by atoms with Crippen LogP contribution in [0.3, 0.4) is 0 Å². The predicted molar refractivity (Wildman–Crippen MR) is 152 cm³/mol. The van der Waals surface area contributed by atoms with E-state index in [-0.39, 0.29) is 5.41 Å². The number of hydrogen-bond donors (Lipinski definition) is 0. The molecule has 0 radical (unpaired) electrons. The van der Waals surface area contributed by atoms with Crippen LogP contribution in [-0.4, -0.2) is 14.5 Å². The zero-order valence-corrected chi connectivity index (χ0v) is 21.1. The van der Waals surface area contributed by atoms with Crippen molar-refractivity contribution in [3.05, 3.63) is 101 Å². The van der Waals surface area contributed by atoms with E-state index >= 15 is 0 Å². The van der Waals surface area contributed by atoms with E-state index in [0.717, 1.165) is 28.1 Å². The lowest BCUT2D eigenvalue weighted by atomic mass is 9.87. The fourth-order valence-corrected chi connectivity index (χ4v) is 7.68. The first-order valence-corrected chi connectivity index (χ1v) is 13.2. The van der Waals surface area contributed by atoms with Gasteiger partial charge in [-0.3, -0.25) is 4.57 Å². The molecule has 0 aliphatic heterocycles. The number of rotatable bonds is 1. The topological polar surface area (TPSA) is 30.7 Å². The monoisotopic (exact) mass is 481 g/mol. The third-order valence-electron chi connectivity index (χ3n) is 7.91. The molecule has 4 heteroatoms. The summed E-state index contributed by atoms with van der Waals surface area (Å²) in [4.78, 5) is 11.5. The smallest absolute Gasteiger partial charge is 0.235 e. The minimum Gasteiger partial charge on any atom is -0.276 e. The molecule has 172 valence electrons. The lowest BCUT2D eigenvalue weighted by Gasteiger charge is -2.19. The van der Waals surface area contributed by atoms with Crippen molar-refractivity contribution in [2.24, 2.45) is 0 Å². The molecule has 0 amide bonds. The first-order chi connectivity index (χ1) is 17.5. The summed E-state index contributed by atoms with van der Waals surface area (Å²) < 4.78 is 3.60. The van der Waals surface area contributed by atoms with Gasteiger partial charge < -0.3 is 0 Å². The Morgan fingerprint density at radius 3 is 2.33 bits per heavy atom. The van der Waals surface area contributed by atoms with E-state index in [1.165, 1.54) is 47.9 Å². The average molecular weight is 482 g/mol. The van der Waals surface area contributed by atoms with Gasteiger partial charge in [-0.2, -0.15) is 0 Å². The number of hydrogen-bond acceptors (Lipinski definition) is 3. The second-order valence-corrected chi connectivity index (χ2v) is 11.3. The molecule has 3 aromatic heterocycles. The third-order valence-corrected chi connectivity index (χ3v) is 9.45. The van der Waals surface area contributed by atoms with Crippen LogP contribution < -0.4 is 0 Å². The fraction of sp³-hybridized carbons (Fsp3) is 0.125. The van der Waals surface area contributed by atoms with E-state index in [1.54, 1.807) is 0 Å². The van der Waals surface area contributed by atoms with Crippen LogP contribution in [0.5, 0.6) is 0 Å². The molecule has 0 unspecified atom stereocenters. The molecule has 0 bridgehead atoms. The highest BCUT2D eigenvalue weighted by Crippen LogP contribution is 2.56. The van der Waals surface area contributed by atoms with Crippen LogP contribution in [0.4, 0.5) is 0 Å². The van der Waals surface area contributed by atoms with Crippen molar-refractivity contribution in [1.82, 2.24) is 14.5 Å². The lowest BCUT2D eigenvalue weighted by molar-refractivity contribution is 0.674. The number of aryl methyl sites for hydroxylation is 1. The van der Waals surface area contributed by atoms with Crippen molar-refractivity contribution in [1.29, 1.82) is 0 Å². The fourth-order valence-electron chi connectivity index (χ4n) is 6.21. The summed E-state index contributed by atoms with van der Waals surface area (Å²) in [6.07, 6.45) is 0. The van der Waals surface area contributed by atoms with Gasteiger partial charge in [-0.1, -0.05) is 86.6 Å². The quantitative estimate of drug-likeness (QED) is 0.235. The summed E-state index contributed by atoms with van der Waals surface area (Å²) in [5, 5.41) is 4.90. The maximum atomic E-state index is 5.07. The average Bonchev–Trinajstić information content (AvgIpc) is 3.51. The number of thiophene rings is 1. The van der Waals surface area contributed by atoms with Crippen molar-refractivity contribution >= 4 is 54.1 Å². The number of nitrogens with zero attached hydrogens (tertiary/aromatic N) is 3. The minimum absolute atomic E-state index is 0.0190. The Bertz CT molecular complexity index is 2040. The Kier molecular flexibility index (Phi) is 3.82. The molecule has 8 rings (SSSR count). The van der Waals surface area contributed by atoms with Crippen molar-refractivity contribution in [2.75, 3.05) is 0 Å². The van der Waals surface area contributed by atoms with Gasteiger partial charge in [-0.25, -0.2) is 9.97 Å². The Morgan fingerprint density at radius 1 is 0.722 bits per heavy atom. The largest absolute Gasteiger partial charge is 0.276 e. The van der Waals surface area contributed by atoms with Gasteiger partial charge in [-0.15, -0.1) is 11.3 Å². The maximum absolute atomic E-state index is 5.07. The third kappa shape index (κ3) is 2.42. The molecule has 1 aliphatic carbocycles. The number of aromatic nitrogens is 3. The van der Waals surface area contributed by atoms with Crippen LogP contribution in [0.25, 0.3) is 59.9 Å². The van der Waals surface area contributed by atoms with E-state index in [4.69, 9.17) is 9.97 Å². The predicted octanol–water partition coefficient (Wildman–Crippen LogP) is 8.56. The first kappa shape index (κ1) is 20.2. The van der Waals surface area contributed by atoms with Gasteiger partial charge in [0.2, 0.25) is 5.95 Å². The van der Waals surface area contributed by atoms with Crippen LogP contribution in [0.15, 0.2) is 84.9 Å². The normalized spacial score (nSPS) is 14.2. The zero-order valence-electron chi connectivity index (χ0n) is 20.3. The van der Waals surface area contributed by atoms with Gasteiger partial charge in [0, 0.05) is 37.4 Å². The van der Waals surface area contributed by atoms with Gasteiger partial charge in [0.25, 0.3) is 0 Å². The summed E-state index contributed by atoms with van der Waals surface area (Å²) in [6.45, 7) is 6.79. The Labute approximate surface area is 212 Å². The van der Waals surface area contributed by atoms with Crippen LogP contribution in [-0.2, 0) is 5.41 Å². The lowest BCUT2D eigenvalue weighted by Crippen LogP contribution is -2.13. The second kappa shape index (κ2) is 6.80. The molecule has 7 aromatic rings. The molecule has 1 aliphatic rings. The Morgan fingerprint density at radius 2 is 1.44 bits per heavy atom. The minimum atomic E-state index is -0.0190. The van der Waals surface area contributed by atoms with Crippen LogP contribution in [0, 0.1) is 6.92 Å². The number of fused-ring (bicyclic) bond motifs is 10. The van der Waals surface area contributed by atoms with Crippen molar-refractivity contribution < 1.29 is 0 Å². The zero-order chi connectivity index (χ0) is 24.2. The molecule has 0 N–H and O–H groups in total. The van der Waals surface area contributed by atoms with Gasteiger partial charge >= 0.3 is 0 Å². The molecule has 0 atom stereocenters. The van der Waals surface area contributed by atoms with Gasteiger partial charge in [0.05, 0.1) is 26.9 Å². The highest BCUT2D eigenvalue weighted by Gasteiger charge is 2.39. The molecular formula is C32H23N3S. The molecule has 0 fully saturated rings. The molecule has 0 saturated heterocycles. The van der Waals surface area contributed by atoms with Gasteiger partial charge in [0.1, 0.15) is 0 Å². The summed E-state index contributed by atoms with van der Waals surface area (Å²) in [7, 11) is 0. The molecule has 36 heavy (non-hydrogen) atoms. The maximum Gasteiger partial charge on any atom is 0.235 e. The molecule has 3 heterocycles. The van der Waals surface area contributed by atoms with Gasteiger partial charge in [-0.05, 0) is 30.2 Å². The van der Waals surface area contributed by atoms with E-state index in [2.05, 4.69) is 104 Å². The van der Waals surface area contributed by atoms with E-state index < -0.39 is 0 Å². The molecule has 0 spiro atoms. The van der Waals surface area contributed by atoms with Crippen LogP contribution in [0.2, 0.25) is 0 Å². The SMILES string of the molecule is Cc1nc(-n2c3ccccc3c3ccc4c5c(sc4c32)C(C)(C)c2ccccc2-5)nc2ccccc12. The first-order valence-electron chi connectivity index (χ1n) is 12.4. The molecule has 4 aromatic carbocycles. The van der Waals surface area contributed by atoms with Gasteiger partial charge in [0.15, 0.2) is 0 Å². The standard InChI is InChI=1S/C32H23N3S/c1-18-19-10-5-8-14-25(19)34-31(33-18)35-26-15-9-6-11-20(26)21-16-17-23-27-22-12-4-7-13-24(22)32(2,3)30(27)36-29(23)28(21)35/h4-17H,1-3H3. The number of para-hydroxylation sites is 2. The van der Waals surface area contributed by atoms with Crippen molar-refractivity contribution in [3.8, 4) is 17.1 Å². The van der Waals surface area contributed by atoms with Crippen LogP contribution >= 0.6 is 11.3 Å². The second-order valence-electron chi connectivity index (χ2n) is 10.3. The van der Waals surface area contributed by atoms with E-state index in [9.17, 15) is 0 Å². The van der Waals surface area contributed by atoms with Crippen molar-refractivity contribution in [3.63, 3.8) is 0 Å². The Hall–Kier alpha value is -4.02. The molecule has 0 saturated carbocycles. The van der Waals surface area contributed by atoms with E-state index in [1.807, 2.05) is 17.4 Å². The molecule has 3 nitrogen and oxygen atoms in total. The summed E-state index contributed by atoms with van der Waals surface area (Å²) >= 11 is 1.93. The van der Waals surface area contributed by atoms with Crippen LogP contribution in [0.1, 0.15) is 30.0 Å². The highest BCUT2D eigenvalue weighted by atomic mass is 32.1. The van der Waals surface area contributed by atoms with E-state index in [0.29, 0.717) is 0 Å². The van der Waals surface area contributed by atoms with Crippen molar-refractivity contribution in [2.45, 2.75) is 26.2 Å². The summed E-state index contributed by atoms with van der Waals surface area (Å²) in [5.74, 6) is 0.734. The Balaban J connectivity index is 1.56.